The number of ether oxygens (including phenoxy) is 2. The number of hydrogen-bond donors (Lipinski definition) is 0. The molecular weight excluding hydrogens is 303 g/mol. The number of halogens is 2. The van der Waals surface area contributed by atoms with E-state index in [0.717, 1.165) is 0 Å². The van der Waals surface area contributed by atoms with Crippen molar-refractivity contribution in [3.63, 3.8) is 0 Å². The van der Waals surface area contributed by atoms with Crippen LogP contribution in [0.2, 0.25) is 0 Å². The number of benzene rings is 1. The predicted molar refractivity (Wildman–Crippen MR) is 69.0 cm³/mol. The van der Waals surface area contributed by atoms with E-state index >= 15 is 0 Å². The van der Waals surface area contributed by atoms with Crippen LogP contribution in [-0.2, 0) is 9.53 Å². The van der Waals surface area contributed by atoms with Crippen molar-refractivity contribution in [2.75, 3.05) is 11.9 Å². The molecule has 1 aromatic rings. The van der Waals surface area contributed by atoms with Crippen molar-refractivity contribution in [2.45, 2.75) is 13.0 Å². The van der Waals surface area contributed by atoms with Gasteiger partial charge in [-0.2, -0.15) is 0 Å². The van der Waals surface area contributed by atoms with Crippen molar-refractivity contribution < 1.29 is 18.7 Å². The fourth-order valence-electron chi connectivity index (χ4n) is 1.16. The molecule has 0 heterocycles. The number of carbonyl (C=O) groups is 1. The second-order valence-corrected chi connectivity index (χ2v) is 3.88. The molecule has 0 N–H and O–H groups in total. The molecule has 1 atom stereocenters. The molecule has 1 unspecified atom stereocenters. The topological polar surface area (TPSA) is 35.5 Å². The Kier molecular flexibility index (Phi) is 6.23. The Bertz CT molecular complexity index is 448. The minimum atomic E-state index is -0.634. The molecule has 0 spiro atoms. The molecule has 1 aromatic carbocycles. The highest BCUT2D eigenvalue weighted by atomic mass is 79.9. The quantitative estimate of drug-likeness (QED) is 0.487. The van der Waals surface area contributed by atoms with Gasteiger partial charge in [-0.3, -0.25) is 4.79 Å². The summed E-state index contributed by atoms with van der Waals surface area (Å²) in [6.45, 7) is 1.41. The Balaban J connectivity index is 2.55. The normalized spacial score (nSPS) is 11.1. The zero-order chi connectivity index (χ0) is 13.4. The van der Waals surface area contributed by atoms with Crippen LogP contribution in [0.15, 0.2) is 24.3 Å². The first kappa shape index (κ1) is 14.5. The lowest BCUT2D eigenvalue weighted by atomic mass is 10.3. The van der Waals surface area contributed by atoms with Crippen LogP contribution in [-0.4, -0.2) is 24.0 Å². The van der Waals surface area contributed by atoms with Crippen LogP contribution in [0.3, 0.4) is 0 Å². The van der Waals surface area contributed by atoms with Crippen LogP contribution in [0.5, 0.6) is 5.75 Å². The molecule has 0 aliphatic carbocycles. The van der Waals surface area contributed by atoms with Gasteiger partial charge in [-0.1, -0.05) is 27.8 Å². The van der Waals surface area contributed by atoms with Gasteiger partial charge in [-0.25, -0.2) is 4.39 Å². The molecule has 0 fully saturated rings. The summed E-state index contributed by atoms with van der Waals surface area (Å²) in [5, 5.41) is 0.487. The Labute approximate surface area is 113 Å². The highest BCUT2D eigenvalue weighted by molar-refractivity contribution is 9.09. The van der Waals surface area contributed by atoms with E-state index < -0.39 is 12.1 Å². The fourth-order valence-corrected chi connectivity index (χ4v) is 1.32. The molecule has 0 aromatic heterocycles. The first-order valence-electron chi connectivity index (χ1n) is 5.21. The van der Waals surface area contributed by atoms with E-state index in [-0.39, 0.29) is 12.4 Å². The maximum atomic E-state index is 12.7. The Hall–Kier alpha value is -1.54. The summed E-state index contributed by atoms with van der Waals surface area (Å²) in [7, 11) is 0. The van der Waals surface area contributed by atoms with Crippen molar-refractivity contribution >= 4 is 21.9 Å². The summed E-state index contributed by atoms with van der Waals surface area (Å²) in [6.07, 6.45) is -0.634. The summed E-state index contributed by atoms with van der Waals surface area (Å²) in [6, 6.07) is 5.58. The van der Waals surface area contributed by atoms with Gasteiger partial charge in [0.05, 0.1) is 5.33 Å². The Morgan fingerprint density at radius 2 is 2.11 bits per heavy atom. The third-order valence-corrected chi connectivity index (χ3v) is 2.13. The van der Waals surface area contributed by atoms with Crippen LogP contribution in [0.25, 0.3) is 0 Å². The molecule has 3 nitrogen and oxygen atoms in total. The molecule has 5 heteroatoms. The zero-order valence-corrected chi connectivity index (χ0v) is 11.4. The van der Waals surface area contributed by atoms with Gasteiger partial charge in [0.1, 0.15) is 18.2 Å². The van der Waals surface area contributed by atoms with Gasteiger partial charge in [-0.15, -0.1) is 0 Å². The summed E-state index contributed by atoms with van der Waals surface area (Å²) >= 11 is 3.15. The van der Waals surface area contributed by atoms with Crippen LogP contribution >= 0.6 is 15.9 Å². The molecule has 18 heavy (non-hydrogen) atoms. The molecule has 0 aliphatic heterocycles. The smallest absolute Gasteiger partial charge is 0.303 e. The highest BCUT2D eigenvalue weighted by Crippen LogP contribution is 2.11. The largest absolute Gasteiger partial charge is 0.489 e. The van der Waals surface area contributed by atoms with Gasteiger partial charge in [0, 0.05) is 6.92 Å². The number of hydrogen-bond acceptors (Lipinski definition) is 3. The van der Waals surface area contributed by atoms with Gasteiger partial charge in [0.15, 0.2) is 6.10 Å². The van der Waals surface area contributed by atoms with Crippen molar-refractivity contribution in [2.24, 2.45) is 0 Å². The van der Waals surface area contributed by atoms with E-state index in [1.807, 2.05) is 0 Å². The van der Waals surface area contributed by atoms with Crippen molar-refractivity contribution in [1.82, 2.24) is 0 Å². The van der Waals surface area contributed by atoms with Crippen molar-refractivity contribution in [1.29, 1.82) is 0 Å². The summed E-state index contributed by atoms with van der Waals surface area (Å²) in [5.74, 6) is 5.23. The van der Waals surface area contributed by atoms with Gasteiger partial charge < -0.3 is 9.47 Å². The Morgan fingerprint density at radius 3 is 2.67 bits per heavy atom. The summed E-state index contributed by atoms with van der Waals surface area (Å²) in [5.41, 5.74) is 0. The van der Waals surface area contributed by atoms with Crippen molar-refractivity contribution in [3.8, 4) is 17.6 Å². The fraction of sp³-hybridized carbons (Fsp3) is 0.308. The second kappa shape index (κ2) is 7.72. The van der Waals surface area contributed by atoms with Crippen LogP contribution in [0.4, 0.5) is 4.39 Å². The van der Waals surface area contributed by atoms with E-state index in [2.05, 4.69) is 27.8 Å². The number of alkyl halides is 1. The van der Waals surface area contributed by atoms with Crippen molar-refractivity contribution in [3.05, 3.63) is 30.1 Å². The van der Waals surface area contributed by atoms with E-state index in [1.54, 1.807) is 0 Å². The molecule has 0 saturated heterocycles. The molecular formula is C13H12BrFO3. The highest BCUT2D eigenvalue weighted by Gasteiger charge is 2.09. The van der Waals surface area contributed by atoms with Gasteiger partial charge >= 0.3 is 5.97 Å². The number of carbonyl (C=O) groups excluding carboxylic acids is 1. The van der Waals surface area contributed by atoms with E-state index in [1.165, 1.54) is 31.2 Å². The monoisotopic (exact) mass is 314 g/mol. The number of esters is 1. The van der Waals surface area contributed by atoms with E-state index in [0.29, 0.717) is 11.1 Å². The first-order valence-corrected chi connectivity index (χ1v) is 6.34. The first-order chi connectivity index (χ1) is 8.61. The third-order valence-electron chi connectivity index (χ3n) is 1.85. The van der Waals surface area contributed by atoms with Crippen LogP contribution < -0.4 is 4.74 Å². The van der Waals surface area contributed by atoms with Crippen LogP contribution in [0.1, 0.15) is 6.92 Å². The molecule has 0 bridgehead atoms. The van der Waals surface area contributed by atoms with E-state index in [9.17, 15) is 9.18 Å². The Morgan fingerprint density at radius 1 is 1.44 bits per heavy atom. The average molecular weight is 315 g/mol. The maximum absolute atomic E-state index is 12.7. The van der Waals surface area contributed by atoms with Crippen LogP contribution in [0, 0.1) is 17.7 Å². The lowest BCUT2D eigenvalue weighted by molar-refractivity contribution is -0.144. The summed E-state index contributed by atoms with van der Waals surface area (Å²) in [4.78, 5) is 10.9. The predicted octanol–water partition coefficient (Wildman–Crippen LogP) is 2.53. The van der Waals surface area contributed by atoms with Gasteiger partial charge in [0.25, 0.3) is 0 Å². The van der Waals surface area contributed by atoms with E-state index in [4.69, 9.17) is 9.47 Å². The third kappa shape index (κ3) is 5.69. The lowest BCUT2D eigenvalue weighted by Crippen LogP contribution is -2.22. The zero-order valence-electron chi connectivity index (χ0n) is 9.78. The number of rotatable bonds is 4. The molecule has 96 valence electrons. The molecule has 0 aliphatic rings. The van der Waals surface area contributed by atoms with Gasteiger partial charge in [-0.05, 0) is 24.3 Å². The SMILES string of the molecule is CC(=O)OC(C#CCBr)COc1ccc(F)cc1. The molecule has 0 saturated carbocycles. The van der Waals surface area contributed by atoms with Gasteiger partial charge in [0.2, 0.25) is 0 Å². The summed E-state index contributed by atoms with van der Waals surface area (Å²) < 4.78 is 23.0. The maximum Gasteiger partial charge on any atom is 0.303 e. The minimum absolute atomic E-state index is 0.102. The lowest BCUT2D eigenvalue weighted by Gasteiger charge is -2.12. The molecule has 0 radical (unpaired) electrons. The molecule has 1 rings (SSSR count). The molecule has 0 amide bonds. The standard InChI is InChI=1S/C13H12BrFO3/c1-10(16)18-13(3-2-8-14)9-17-12-6-4-11(15)5-7-12/h4-7,13H,8-9H2,1H3. The average Bonchev–Trinajstić information content (AvgIpc) is 2.34. The minimum Gasteiger partial charge on any atom is -0.489 e. The second-order valence-electron chi connectivity index (χ2n) is 3.32.